The van der Waals surface area contributed by atoms with Crippen molar-refractivity contribution in [3.63, 3.8) is 0 Å². The minimum Gasteiger partial charge on any atom is -0.438 e. The summed E-state index contributed by atoms with van der Waals surface area (Å²) in [5, 5.41) is 3.43. The van der Waals surface area contributed by atoms with Gasteiger partial charge >= 0.3 is 0 Å². The van der Waals surface area contributed by atoms with E-state index in [2.05, 4.69) is 10.3 Å². The molecule has 94 valence electrons. The highest BCUT2D eigenvalue weighted by Crippen LogP contribution is 2.27. The molecule has 18 heavy (non-hydrogen) atoms. The first-order chi connectivity index (χ1) is 8.69. The monoisotopic (exact) mass is 266 g/mol. The van der Waals surface area contributed by atoms with E-state index in [4.69, 9.17) is 16.3 Å². The molecule has 0 saturated carbocycles. The van der Waals surface area contributed by atoms with Gasteiger partial charge in [0.15, 0.2) is 0 Å². The Kier molecular flexibility index (Phi) is 4.12. The number of halogens is 2. The van der Waals surface area contributed by atoms with Crippen molar-refractivity contribution in [3.05, 3.63) is 52.9 Å². The highest BCUT2D eigenvalue weighted by Gasteiger charge is 2.06. The van der Waals surface area contributed by atoms with Crippen LogP contribution in [0.5, 0.6) is 11.6 Å². The Balaban J connectivity index is 2.16. The average molecular weight is 267 g/mol. The number of benzene rings is 1. The van der Waals surface area contributed by atoms with Gasteiger partial charge in [0.05, 0.1) is 0 Å². The van der Waals surface area contributed by atoms with E-state index in [1.807, 2.05) is 7.05 Å². The predicted molar refractivity (Wildman–Crippen MR) is 68.5 cm³/mol. The second-order valence-electron chi connectivity index (χ2n) is 3.72. The zero-order valence-corrected chi connectivity index (χ0v) is 10.5. The van der Waals surface area contributed by atoms with E-state index in [1.165, 1.54) is 24.3 Å². The molecule has 1 aromatic carbocycles. The van der Waals surface area contributed by atoms with Crippen LogP contribution >= 0.6 is 11.6 Å². The Hall–Kier alpha value is -1.65. The number of aromatic nitrogens is 1. The summed E-state index contributed by atoms with van der Waals surface area (Å²) in [6.45, 7) is 0.684. The molecule has 0 saturated heterocycles. The lowest BCUT2D eigenvalue weighted by atomic mass is 10.3. The Morgan fingerprint density at radius 2 is 2.06 bits per heavy atom. The molecule has 0 fully saturated rings. The summed E-state index contributed by atoms with van der Waals surface area (Å²) in [4.78, 5) is 4.13. The third-order valence-corrected chi connectivity index (χ3v) is 2.54. The maximum atomic E-state index is 12.7. The molecule has 0 bridgehead atoms. The zero-order chi connectivity index (χ0) is 13.0. The van der Waals surface area contributed by atoms with Crippen LogP contribution in [-0.2, 0) is 6.54 Å². The number of hydrogen-bond acceptors (Lipinski definition) is 3. The molecule has 0 spiro atoms. The number of pyridine rings is 1. The van der Waals surface area contributed by atoms with Crippen LogP contribution in [-0.4, -0.2) is 12.0 Å². The molecule has 2 aromatic rings. The van der Waals surface area contributed by atoms with Crippen LogP contribution in [0.1, 0.15) is 5.56 Å². The first kappa shape index (κ1) is 12.8. The van der Waals surface area contributed by atoms with Crippen LogP contribution in [0.2, 0.25) is 5.02 Å². The Morgan fingerprint density at radius 1 is 1.33 bits per heavy atom. The summed E-state index contributed by atoms with van der Waals surface area (Å²) >= 11 is 6.06. The fraction of sp³-hybridized carbons (Fsp3) is 0.154. The van der Waals surface area contributed by atoms with Crippen LogP contribution in [0, 0.1) is 5.82 Å². The van der Waals surface area contributed by atoms with Crippen LogP contribution in [0.3, 0.4) is 0 Å². The summed E-state index contributed by atoms with van der Waals surface area (Å²) in [7, 11) is 1.84. The van der Waals surface area contributed by atoms with Gasteiger partial charge in [0.1, 0.15) is 16.6 Å². The molecule has 0 radical (unpaired) electrons. The second-order valence-corrected chi connectivity index (χ2v) is 4.12. The molecule has 0 unspecified atom stereocenters. The molecular formula is C13H12ClFN2O. The fourth-order valence-corrected chi connectivity index (χ4v) is 1.68. The van der Waals surface area contributed by atoms with E-state index >= 15 is 0 Å². The number of rotatable bonds is 4. The average Bonchev–Trinajstić information content (AvgIpc) is 2.36. The summed E-state index contributed by atoms with van der Waals surface area (Å²) in [5.41, 5.74) is 0.967. The molecule has 2 rings (SSSR count). The lowest BCUT2D eigenvalue weighted by Gasteiger charge is -2.07. The zero-order valence-electron chi connectivity index (χ0n) is 9.78. The van der Waals surface area contributed by atoms with Crippen LogP contribution in [0.4, 0.5) is 4.39 Å². The van der Waals surface area contributed by atoms with Crippen molar-refractivity contribution in [2.75, 3.05) is 7.05 Å². The molecule has 0 amide bonds. The van der Waals surface area contributed by atoms with Crippen molar-refractivity contribution >= 4 is 11.6 Å². The predicted octanol–water partition coefficient (Wildman–Crippen LogP) is 3.39. The summed E-state index contributed by atoms with van der Waals surface area (Å²) in [6.07, 6.45) is 1.68. The molecule has 0 aliphatic heterocycles. The molecule has 1 heterocycles. The van der Waals surface area contributed by atoms with E-state index in [9.17, 15) is 4.39 Å². The number of ether oxygens (including phenoxy) is 1. The van der Waals surface area contributed by atoms with Crippen molar-refractivity contribution in [1.82, 2.24) is 10.3 Å². The van der Waals surface area contributed by atoms with Crippen LogP contribution in [0.15, 0.2) is 36.5 Å². The van der Waals surface area contributed by atoms with Gasteiger partial charge in [-0.1, -0.05) is 11.6 Å². The van der Waals surface area contributed by atoms with E-state index in [0.29, 0.717) is 23.2 Å². The summed E-state index contributed by atoms with van der Waals surface area (Å²) < 4.78 is 18.2. The first-order valence-corrected chi connectivity index (χ1v) is 5.79. The minimum absolute atomic E-state index is 0.308. The second kappa shape index (κ2) is 5.80. The van der Waals surface area contributed by atoms with Gasteiger partial charge < -0.3 is 10.1 Å². The Labute approximate surface area is 110 Å². The molecule has 3 nitrogen and oxygen atoms in total. The highest BCUT2D eigenvalue weighted by atomic mass is 35.5. The largest absolute Gasteiger partial charge is 0.438 e. The Morgan fingerprint density at radius 3 is 2.67 bits per heavy atom. The third-order valence-electron chi connectivity index (χ3n) is 2.27. The molecule has 0 atom stereocenters. The standard InChI is InChI=1S/C13H12ClFN2O/c1-16-7-9-6-12(14)13(17-8-9)18-11-4-2-10(15)3-5-11/h2-6,8,16H,7H2,1H3. The van der Waals surface area contributed by atoms with E-state index in [0.717, 1.165) is 5.56 Å². The van der Waals surface area contributed by atoms with Crippen molar-refractivity contribution < 1.29 is 9.13 Å². The van der Waals surface area contributed by atoms with Gasteiger partial charge in [0.25, 0.3) is 0 Å². The molecular weight excluding hydrogens is 255 g/mol. The van der Waals surface area contributed by atoms with Gasteiger partial charge in [-0.2, -0.15) is 0 Å². The van der Waals surface area contributed by atoms with Gasteiger partial charge in [-0.25, -0.2) is 9.37 Å². The van der Waals surface area contributed by atoms with Crippen molar-refractivity contribution in [2.45, 2.75) is 6.54 Å². The topological polar surface area (TPSA) is 34.2 Å². The van der Waals surface area contributed by atoms with Crippen LogP contribution < -0.4 is 10.1 Å². The van der Waals surface area contributed by atoms with Gasteiger partial charge in [-0.15, -0.1) is 0 Å². The smallest absolute Gasteiger partial charge is 0.238 e. The van der Waals surface area contributed by atoms with Crippen LogP contribution in [0.25, 0.3) is 0 Å². The summed E-state index contributed by atoms with van der Waals surface area (Å²) in [6, 6.07) is 7.46. The molecule has 0 aliphatic carbocycles. The van der Waals surface area contributed by atoms with Crippen molar-refractivity contribution in [2.24, 2.45) is 0 Å². The number of hydrogen-bond donors (Lipinski definition) is 1. The number of nitrogens with one attached hydrogen (secondary N) is 1. The maximum absolute atomic E-state index is 12.7. The number of nitrogens with zero attached hydrogens (tertiary/aromatic N) is 1. The molecule has 5 heteroatoms. The van der Waals surface area contributed by atoms with Gasteiger partial charge in [0, 0.05) is 12.7 Å². The lowest BCUT2D eigenvalue weighted by Crippen LogP contribution is -2.05. The molecule has 1 N–H and O–H groups in total. The quantitative estimate of drug-likeness (QED) is 0.921. The summed E-state index contributed by atoms with van der Waals surface area (Å²) in [5.74, 6) is 0.487. The molecule has 0 aliphatic rings. The van der Waals surface area contributed by atoms with Crippen molar-refractivity contribution in [3.8, 4) is 11.6 Å². The van der Waals surface area contributed by atoms with E-state index in [-0.39, 0.29) is 5.82 Å². The third kappa shape index (κ3) is 3.18. The van der Waals surface area contributed by atoms with E-state index < -0.39 is 0 Å². The highest BCUT2D eigenvalue weighted by molar-refractivity contribution is 6.31. The van der Waals surface area contributed by atoms with Crippen molar-refractivity contribution in [1.29, 1.82) is 0 Å². The Bertz CT molecular complexity index is 531. The fourth-order valence-electron chi connectivity index (χ4n) is 1.46. The SMILES string of the molecule is CNCc1cnc(Oc2ccc(F)cc2)c(Cl)c1. The normalized spacial score (nSPS) is 10.4. The minimum atomic E-state index is -0.314. The van der Waals surface area contributed by atoms with Gasteiger partial charge in [0.2, 0.25) is 5.88 Å². The van der Waals surface area contributed by atoms with E-state index in [1.54, 1.807) is 12.3 Å². The first-order valence-electron chi connectivity index (χ1n) is 5.41. The van der Waals surface area contributed by atoms with Gasteiger partial charge in [-0.3, -0.25) is 0 Å². The lowest BCUT2D eigenvalue weighted by molar-refractivity contribution is 0.461. The molecule has 1 aromatic heterocycles. The maximum Gasteiger partial charge on any atom is 0.238 e. The van der Waals surface area contributed by atoms with Gasteiger partial charge in [-0.05, 0) is 42.9 Å².